The lowest BCUT2D eigenvalue weighted by Crippen LogP contribution is -2.24. The van der Waals surface area contributed by atoms with Gasteiger partial charge in [-0.15, -0.1) is 0 Å². The molecule has 0 saturated heterocycles. The van der Waals surface area contributed by atoms with E-state index < -0.39 is 22.8 Å². The molecular weight excluding hydrogens is 405 g/mol. The van der Waals surface area contributed by atoms with E-state index in [0.717, 1.165) is 17.3 Å². The number of halogens is 1. The Balaban J connectivity index is 1.99. The van der Waals surface area contributed by atoms with E-state index in [2.05, 4.69) is 0 Å². The van der Waals surface area contributed by atoms with E-state index in [-0.39, 0.29) is 21.9 Å². The first kappa shape index (κ1) is 20.0. The van der Waals surface area contributed by atoms with Gasteiger partial charge in [0, 0.05) is 17.0 Å². The van der Waals surface area contributed by atoms with Crippen LogP contribution in [0.3, 0.4) is 0 Å². The Morgan fingerprint density at radius 3 is 2.43 bits per heavy atom. The van der Waals surface area contributed by atoms with Gasteiger partial charge in [0.2, 0.25) is 0 Å². The van der Waals surface area contributed by atoms with Crippen molar-refractivity contribution in [2.45, 2.75) is 29.7 Å². The van der Waals surface area contributed by atoms with Gasteiger partial charge < -0.3 is 14.1 Å². The molecule has 0 aliphatic heterocycles. The molecule has 0 fully saturated rings. The van der Waals surface area contributed by atoms with Gasteiger partial charge in [0.1, 0.15) is 21.7 Å². The maximum absolute atomic E-state index is 13.5. The van der Waals surface area contributed by atoms with Crippen molar-refractivity contribution in [1.29, 1.82) is 0 Å². The third-order valence-corrected chi connectivity index (χ3v) is 5.70. The zero-order valence-corrected chi connectivity index (χ0v) is 17.1. The van der Waals surface area contributed by atoms with Gasteiger partial charge in [-0.05, 0) is 37.6 Å². The maximum atomic E-state index is 13.5. The molecule has 4 aromatic rings. The van der Waals surface area contributed by atoms with E-state index >= 15 is 0 Å². The zero-order valence-electron chi connectivity index (χ0n) is 16.3. The summed E-state index contributed by atoms with van der Waals surface area (Å²) in [7, 11) is 0. The molecule has 0 atom stereocenters. The lowest BCUT2D eigenvalue weighted by molar-refractivity contribution is 0.445. The number of nitrogens with zero attached hydrogens (tertiary/aromatic N) is 1. The molecular formula is C23H18FNO4S. The molecule has 1 N–H and O–H groups in total. The minimum atomic E-state index is -0.796. The highest BCUT2D eigenvalue weighted by Gasteiger charge is 2.22. The smallest absolute Gasteiger partial charge is 0.354 e. The topological polar surface area (TPSA) is 72.4 Å². The Morgan fingerprint density at radius 2 is 1.77 bits per heavy atom. The van der Waals surface area contributed by atoms with Crippen LogP contribution in [0.4, 0.5) is 4.39 Å². The summed E-state index contributed by atoms with van der Waals surface area (Å²) in [5.74, 6) is -0.936. The van der Waals surface area contributed by atoms with Crippen molar-refractivity contribution >= 4 is 22.7 Å². The molecule has 0 spiro atoms. The number of fused-ring (bicyclic) bond motifs is 1. The first-order chi connectivity index (χ1) is 14.4. The number of rotatable bonds is 4. The Kier molecular flexibility index (Phi) is 5.22. The van der Waals surface area contributed by atoms with Gasteiger partial charge in [0.25, 0.3) is 5.56 Å². The zero-order chi connectivity index (χ0) is 21.4. The third-order valence-electron chi connectivity index (χ3n) is 4.65. The van der Waals surface area contributed by atoms with E-state index in [0.29, 0.717) is 10.6 Å². The normalized spacial score (nSPS) is 11.3. The van der Waals surface area contributed by atoms with Crippen LogP contribution in [0.5, 0.6) is 5.75 Å². The van der Waals surface area contributed by atoms with Gasteiger partial charge in [-0.1, -0.05) is 48.2 Å². The first-order valence-electron chi connectivity index (χ1n) is 9.31. The average Bonchev–Trinajstić information content (AvgIpc) is 2.71. The van der Waals surface area contributed by atoms with Crippen LogP contribution < -0.4 is 11.2 Å². The minimum absolute atomic E-state index is 0.00171. The van der Waals surface area contributed by atoms with Crippen LogP contribution in [-0.4, -0.2) is 9.67 Å². The van der Waals surface area contributed by atoms with Gasteiger partial charge in [-0.25, -0.2) is 9.18 Å². The summed E-state index contributed by atoms with van der Waals surface area (Å²) in [6, 6.07) is 16.3. The molecule has 0 aliphatic carbocycles. The number of hydrogen-bond acceptors (Lipinski definition) is 5. The Hall–Kier alpha value is -3.32. The monoisotopic (exact) mass is 423 g/mol. The van der Waals surface area contributed by atoms with Crippen LogP contribution in [0.2, 0.25) is 0 Å². The molecule has 0 radical (unpaired) electrons. The van der Waals surface area contributed by atoms with Crippen molar-refractivity contribution in [2.75, 3.05) is 0 Å². The first-order valence-corrected chi connectivity index (χ1v) is 10.1. The number of aromatic nitrogens is 1. The molecule has 0 unspecified atom stereocenters. The molecule has 7 heteroatoms. The summed E-state index contributed by atoms with van der Waals surface area (Å²) in [6.45, 7) is 3.72. The maximum Gasteiger partial charge on any atom is 0.354 e. The molecule has 152 valence electrons. The summed E-state index contributed by atoms with van der Waals surface area (Å²) in [6.07, 6.45) is 0. The standard InChI is InChI=1S/C23H18FNO4S/c1-13(2)25-17(14-7-4-3-5-8-14)12-18-19(22(25)27)20(26)21(23(28)29-18)30-16-10-6-9-15(24)11-16/h3-13,26H,1-2H3. The number of aromatic hydroxyl groups is 1. The number of pyridine rings is 1. The highest BCUT2D eigenvalue weighted by Crippen LogP contribution is 2.36. The molecule has 2 aromatic heterocycles. The van der Waals surface area contributed by atoms with Gasteiger partial charge in [0.05, 0.1) is 5.69 Å². The van der Waals surface area contributed by atoms with Gasteiger partial charge in [0.15, 0.2) is 5.75 Å². The fourth-order valence-electron chi connectivity index (χ4n) is 3.34. The van der Waals surface area contributed by atoms with Gasteiger partial charge >= 0.3 is 5.63 Å². The van der Waals surface area contributed by atoms with E-state index in [4.69, 9.17) is 4.42 Å². The highest BCUT2D eigenvalue weighted by atomic mass is 32.2. The molecule has 0 saturated carbocycles. The van der Waals surface area contributed by atoms with Crippen molar-refractivity contribution in [3.05, 3.63) is 87.3 Å². The van der Waals surface area contributed by atoms with Crippen molar-refractivity contribution in [1.82, 2.24) is 4.57 Å². The molecule has 2 heterocycles. The van der Waals surface area contributed by atoms with Crippen molar-refractivity contribution in [2.24, 2.45) is 0 Å². The lowest BCUT2D eigenvalue weighted by Gasteiger charge is -2.18. The second kappa shape index (κ2) is 7.84. The van der Waals surface area contributed by atoms with Crippen LogP contribution in [0.15, 0.2) is 84.5 Å². The van der Waals surface area contributed by atoms with Crippen LogP contribution in [0.1, 0.15) is 19.9 Å². The van der Waals surface area contributed by atoms with Gasteiger partial charge in [-0.3, -0.25) is 4.79 Å². The fourth-order valence-corrected chi connectivity index (χ4v) is 4.22. The van der Waals surface area contributed by atoms with E-state index in [1.54, 1.807) is 16.7 Å². The minimum Gasteiger partial charge on any atom is -0.505 e. The van der Waals surface area contributed by atoms with Gasteiger partial charge in [-0.2, -0.15) is 0 Å². The predicted molar refractivity (Wildman–Crippen MR) is 115 cm³/mol. The largest absolute Gasteiger partial charge is 0.505 e. The molecule has 2 aromatic carbocycles. The number of hydrogen-bond donors (Lipinski definition) is 1. The average molecular weight is 423 g/mol. The van der Waals surface area contributed by atoms with E-state index in [9.17, 15) is 19.1 Å². The molecule has 5 nitrogen and oxygen atoms in total. The SMILES string of the molecule is CC(C)n1c(-c2ccccc2)cc2oc(=O)c(Sc3cccc(F)c3)c(O)c2c1=O. The Labute approximate surface area is 175 Å². The molecule has 0 amide bonds. The lowest BCUT2D eigenvalue weighted by atomic mass is 10.1. The summed E-state index contributed by atoms with van der Waals surface area (Å²) in [5, 5.41) is 10.7. The van der Waals surface area contributed by atoms with E-state index in [1.807, 2.05) is 44.2 Å². The van der Waals surface area contributed by atoms with Crippen molar-refractivity contribution in [3.63, 3.8) is 0 Å². The van der Waals surface area contributed by atoms with Crippen molar-refractivity contribution < 1.29 is 13.9 Å². The third kappa shape index (κ3) is 3.52. The summed E-state index contributed by atoms with van der Waals surface area (Å²) >= 11 is 0.849. The van der Waals surface area contributed by atoms with Crippen LogP contribution in [-0.2, 0) is 0 Å². The number of benzene rings is 2. The summed E-state index contributed by atoms with van der Waals surface area (Å²) in [5.41, 5.74) is 0.0993. The van der Waals surface area contributed by atoms with Crippen LogP contribution >= 0.6 is 11.8 Å². The molecule has 4 rings (SSSR count). The van der Waals surface area contributed by atoms with E-state index in [1.165, 1.54) is 18.2 Å². The van der Waals surface area contributed by atoms with Crippen LogP contribution in [0, 0.1) is 5.82 Å². The second-order valence-electron chi connectivity index (χ2n) is 7.03. The van der Waals surface area contributed by atoms with Crippen molar-refractivity contribution in [3.8, 4) is 17.0 Å². The quantitative estimate of drug-likeness (QED) is 0.489. The predicted octanol–water partition coefficient (Wildman–Crippen LogP) is 5.20. The summed E-state index contributed by atoms with van der Waals surface area (Å²) < 4.78 is 20.5. The Morgan fingerprint density at radius 1 is 1.03 bits per heavy atom. The molecule has 0 bridgehead atoms. The van der Waals surface area contributed by atoms with Crippen LogP contribution in [0.25, 0.3) is 22.2 Å². The molecule has 30 heavy (non-hydrogen) atoms. The Bertz CT molecular complexity index is 1360. The second-order valence-corrected chi connectivity index (χ2v) is 8.11. The fraction of sp³-hybridized carbons (Fsp3) is 0.130. The molecule has 0 aliphatic rings. The summed E-state index contributed by atoms with van der Waals surface area (Å²) in [4.78, 5) is 26.1. The highest BCUT2D eigenvalue weighted by molar-refractivity contribution is 7.99.